The molecule has 20 heavy (non-hydrogen) atoms. The number of aliphatic hydroxyl groups is 1. The lowest BCUT2D eigenvalue weighted by molar-refractivity contribution is 0.0714. The quantitative estimate of drug-likeness (QED) is 0.834. The van der Waals surface area contributed by atoms with Crippen molar-refractivity contribution in [1.29, 1.82) is 0 Å². The third-order valence-corrected chi connectivity index (χ3v) is 4.46. The van der Waals surface area contributed by atoms with E-state index in [1.165, 1.54) is 11.3 Å². The lowest BCUT2D eigenvalue weighted by atomic mass is 10.1. The van der Waals surface area contributed by atoms with Crippen molar-refractivity contribution in [2.75, 3.05) is 13.2 Å². The molecule has 1 aliphatic heterocycles. The van der Waals surface area contributed by atoms with Gasteiger partial charge in [-0.15, -0.1) is 11.3 Å². The number of thiophene rings is 1. The first kappa shape index (κ1) is 15.0. The van der Waals surface area contributed by atoms with E-state index in [-0.39, 0.29) is 24.7 Å². The second kappa shape index (κ2) is 6.89. The maximum Gasteiger partial charge on any atom is 0.261 e. The van der Waals surface area contributed by atoms with Gasteiger partial charge in [0.25, 0.3) is 5.91 Å². The minimum Gasteiger partial charge on any atom is -0.384 e. The van der Waals surface area contributed by atoms with Crippen molar-refractivity contribution in [3.63, 3.8) is 0 Å². The molecule has 2 heterocycles. The molecule has 0 saturated carbocycles. The van der Waals surface area contributed by atoms with Gasteiger partial charge in [-0.2, -0.15) is 0 Å². The van der Waals surface area contributed by atoms with Crippen LogP contribution in [0.25, 0.3) is 0 Å². The summed E-state index contributed by atoms with van der Waals surface area (Å²) in [6.07, 6.45) is 2.18. The van der Waals surface area contributed by atoms with Crippen LogP contribution in [0.4, 0.5) is 0 Å². The highest BCUT2D eigenvalue weighted by molar-refractivity contribution is 7.14. The van der Waals surface area contributed by atoms with Crippen LogP contribution in [0.15, 0.2) is 6.07 Å². The highest BCUT2D eigenvalue weighted by atomic mass is 32.1. The Kier molecular flexibility index (Phi) is 5.18. The second-order valence-corrected chi connectivity index (χ2v) is 5.95. The minimum atomic E-state index is -0.172. The number of nitrogens with one attached hydrogen (secondary N) is 1. The molecule has 1 aliphatic rings. The fourth-order valence-corrected chi connectivity index (χ4v) is 3.16. The molecule has 1 aromatic heterocycles. The van der Waals surface area contributed by atoms with Gasteiger partial charge >= 0.3 is 0 Å². The third kappa shape index (κ3) is 3.60. The smallest absolute Gasteiger partial charge is 0.261 e. The molecule has 0 aliphatic carbocycles. The molecule has 2 N–H and O–H groups in total. The Bertz CT molecular complexity index is 535. The molecule has 2 unspecified atom stereocenters. The topological polar surface area (TPSA) is 58.6 Å². The number of carbonyl (C=O) groups excluding carboxylic acids is 1. The monoisotopic (exact) mass is 293 g/mol. The van der Waals surface area contributed by atoms with Gasteiger partial charge < -0.3 is 15.2 Å². The Labute approximate surface area is 123 Å². The second-order valence-electron chi connectivity index (χ2n) is 4.90. The lowest BCUT2D eigenvalue weighted by Crippen LogP contribution is -2.40. The van der Waals surface area contributed by atoms with Crippen LogP contribution in [-0.2, 0) is 4.74 Å². The zero-order chi connectivity index (χ0) is 14.5. The maximum absolute atomic E-state index is 12.2. The van der Waals surface area contributed by atoms with Gasteiger partial charge in [0.15, 0.2) is 0 Å². The Morgan fingerprint density at radius 2 is 2.50 bits per heavy atom. The summed E-state index contributed by atoms with van der Waals surface area (Å²) in [5.41, 5.74) is 0.964. The van der Waals surface area contributed by atoms with E-state index in [1.54, 1.807) is 0 Å². The fourth-order valence-electron chi connectivity index (χ4n) is 2.21. The minimum absolute atomic E-state index is 0.0133. The maximum atomic E-state index is 12.2. The molecule has 108 valence electrons. The molecule has 0 spiro atoms. The third-order valence-electron chi connectivity index (χ3n) is 3.30. The van der Waals surface area contributed by atoms with Crippen LogP contribution in [0, 0.1) is 18.8 Å². The number of hydrogen-bond donors (Lipinski definition) is 2. The molecular formula is C15H19NO3S. The largest absolute Gasteiger partial charge is 0.384 e. The summed E-state index contributed by atoms with van der Waals surface area (Å²) in [7, 11) is 0. The van der Waals surface area contributed by atoms with E-state index in [2.05, 4.69) is 17.2 Å². The van der Waals surface area contributed by atoms with Crippen LogP contribution >= 0.6 is 11.3 Å². The van der Waals surface area contributed by atoms with Crippen molar-refractivity contribution in [1.82, 2.24) is 5.32 Å². The molecule has 1 fully saturated rings. The standard InChI is InChI=1S/C15H19NO3S/c1-10-9-14(20-13(10)6-3-7-17)15(18)16-11(2)12-5-4-8-19-12/h9,11-12,17H,4-5,7-8H2,1-2H3,(H,16,18). The predicted octanol–water partition coefficient (Wildman–Crippen LogP) is 1.70. The van der Waals surface area contributed by atoms with Gasteiger partial charge in [0.2, 0.25) is 0 Å². The van der Waals surface area contributed by atoms with E-state index in [4.69, 9.17) is 9.84 Å². The Hall–Kier alpha value is -1.35. The molecule has 0 bridgehead atoms. The number of ether oxygens (including phenoxy) is 1. The predicted molar refractivity (Wildman–Crippen MR) is 78.9 cm³/mol. The Morgan fingerprint density at radius 1 is 1.70 bits per heavy atom. The number of amides is 1. The zero-order valence-electron chi connectivity index (χ0n) is 11.7. The van der Waals surface area contributed by atoms with Gasteiger partial charge in [-0.3, -0.25) is 4.79 Å². The first-order chi connectivity index (χ1) is 9.61. The average Bonchev–Trinajstić information content (AvgIpc) is 3.06. The number of aryl methyl sites for hydroxylation is 1. The molecule has 1 amide bonds. The van der Waals surface area contributed by atoms with Gasteiger partial charge in [-0.25, -0.2) is 0 Å². The summed E-state index contributed by atoms with van der Waals surface area (Å²) in [6, 6.07) is 1.85. The number of rotatable bonds is 3. The van der Waals surface area contributed by atoms with E-state index in [0.29, 0.717) is 4.88 Å². The molecule has 1 aromatic rings. The van der Waals surface area contributed by atoms with Gasteiger partial charge in [0.05, 0.1) is 21.9 Å². The van der Waals surface area contributed by atoms with Crippen LogP contribution in [0.5, 0.6) is 0 Å². The number of aliphatic hydroxyl groups excluding tert-OH is 1. The summed E-state index contributed by atoms with van der Waals surface area (Å²) in [5.74, 6) is 5.38. The highest BCUT2D eigenvalue weighted by Gasteiger charge is 2.24. The van der Waals surface area contributed by atoms with Crippen LogP contribution in [0.2, 0.25) is 0 Å². The van der Waals surface area contributed by atoms with E-state index >= 15 is 0 Å². The van der Waals surface area contributed by atoms with Gasteiger partial charge in [-0.05, 0) is 38.3 Å². The van der Waals surface area contributed by atoms with E-state index in [1.807, 2.05) is 19.9 Å². The summed E-state index contributed by atoms with van der Waals surface area (Å²) >= 11 is 1.35. The van der Waals surface area contributed by atoms with Crippen molar-refractivity contribution in [2.24, 2.45) is 0 Å². The summed E-state index contributed by atoms with van der Waals surface area (Å²) < 4.78 is 5.57. The Morgan fingerprint density at radius 3 is 3.15 bits per heavy atom. The first-order valence-electron chi connectivity index (χ1n) is 6.74. The fraction of sp³-hybridized carbons (Fsp3) is 0.533. The molecule has 1 saturated heterocycles. The SMILES string of the molecule is Cc1cc(C(=O)NC(C)C2CCCO2)sc1C#CCO. The summed E-state index contributed by atoms with van der Waals surface area (Å²) in [4.78, 5) is 13.7. The highest BCUT2D eigenvalue weighted by Crippen LogP contribution is 2.22. The Balaban J connectivity index is 2.01. The van der Waals surface area contributed by atoms with Crippen molar-refractivity contribution in [3.05, 3.63) is 21.4 Å². The lowest BCUT2D eigenvalue weighted by Gasteiger charge is -2.19. The van der Waals surface area contributed by atoms with Crippen LogP contribution < -0.4 is 5.32 Å². The summed E-state index contributed by atoms with van der Waals surface area (Å²) in [6.45, 7) is 4.50. The first-order valence-corrected chi connectivity index (χ1v) is 7.56. The summed E-state index contributed by atoms with van der Waals surface area (Å²) in [5, 5.41) is 11.7. The molecule has 4 nitrogen and oxygen atoms in total. The van der Waals surface area contributed by atoms with Gasteiger partial charge in [-0.1, -0.05) is 11.8 Å². The molecule has 2 atom stereocenters. The van der Waals surface area contributed by atoms with Crippen LogP contribution in [-0.4, -0.2) is 36.4 Å². The molecule has 0 radical (unpaired) electrons. The molecule has 0 aromatic carbocycles. The van der Waals surface area contributed by atoms with Crippen LogP contribution in [0.1, 0.15) is 39.9 Å². The number of carbonyl (C=O) groups is 1. The molecule has 2 rings (SSSR count). The van der Waals surface area contributed by atoms with Crippen molar-refractivity contribution >= 4 is 17.2 Å². The van der Waals surface area contributed by atoms with Crippen molar-refractivity contribution < 1.29 is 14.6 Å². The van der Waals surface area contributed by atoms with E-state index in [9.17, 15) is 4.79 Å². The average molecular weight is 293 g/mol. The van der Waals surface area contributed by atoms with Crippen molar-refractivity contribution in [3.8, 4) is 11.8 Å². The molecule has 5 heteroatoms. The van der Waals surface area contributed by atoms with E-state index in [0.717, 1.165) is 29.9 Å². The molecular weight excluding hydrogens is 274 g/mol. The van der Waals surface area contributed by atoms with Crippen LogP contribution in [0.3, 0.4) is 0 Å². The van der Waals surface area contributed by atoms with Crippen molar-refractivity contribution in [2.45, 2.75) is 38.8 Å². The van der Waals surface area contributed by atoms with E-state index < -0.39 is 0 Å². The van der Waals surface area contributed by atoms with Gasteiger partial charge in [0.1, 0.15) is 6.61 Å². The van der Waals surface area contributed by atoms with Gasteiger partial charge in [0, 0.05) is 6.61 Å². The normalized spacial score (nSPS) is 19.2. The zero-order valence-corrected chi connectivity index (χ0v) is 12.5. The number of hydrogen-bond acceptors (Lipinski definition) is 4.